The molecule has 7 heteroatoms. The van der Waals surface area contributed by atoms with Gasteiger partial charge < -0.3 is 20.1 Å². The quantitative estimate of drug-likeness (QED) is 0.890. The second kappa shape index (κ2) is 6.60. The molecule has 1 aromatic rings. The van der Waals surface area contributed by atoms with Crippen LogP contribution in [0, 0.1) is 0 Å². The molecule has 2 aliphatic rings. The average Bonchev–Trinajstić information content (AvgIpc) is 3.26. The number of carbonyl (C=O) groups is 2. The van der Waals surface area contributed by atoms with Crippen LogP contribution in [-0.4, -0.2) is 41.6 Å². The summed E-state index contributed by atoms with van der Waals surface area (Å²) in [4.78, 5) is 25.5. The zero-order chi connectivity index (χ0) is 16.3. The molecule has 1 saturated carbocycles. The van der Waals surface area contributed by atoms with Crippen LogP contribution >= 0.6 is 0 Å². The summed E-state index contributed by atoms with van der Waals surface area (Å²) >= 11 is 0. The Balaban J connectivity index is 1.48. The van der Waals surface area contributed by atoms with Gasteiger partial charge in [0.15, 0.2) is 5.82 Å². The summed E-state index contributed by atoms with van der Waals surface area (Å²) in [5.41, 5.74) is 0.0277. The third kappa shape index (κ3) is 3.65. The number of nitrogens with zero attached hydrogens (tertiary/aromatic N) is 2. The first-order valence-corrected chi connectivity index (χ1v) is 8.37. The van der Waals surface area contributed by atoms with Crippen molar-refractivity contribution in [3.63, 3.8) is 0 Å². The van der Waals surface area contributed by atoms with Crippen molar-refractivity contribution in [1.82, 2.24) is 15.4 Å². The van der Waals surface area contributed by atoms with Gasteiger partial charge in [-0.25, -0.2) is 4.79 Å². The summed E-state index contributed by atoms with van der Waals surface area (Å²) in [5, 5.41) is 9.22. The largest absolute Gasteiger partial charge is 0.359 e. The number of carbonyl (C=O) groups excluding carboxylic acids is 2. The maximum atomic E-state index is 11.9. The molecule has 0 unspecified atom stereocenters. The van der Waals surface area contributed by atoms with Gasteiger partial charge in [-0.3, -0.25) is 4.79 Å². The molecule has 23 heavy (non-hydrogen) atoms. The molecule has 2 fully saturated rings. The van der Waals surface area contributed by atoms with Gasteiger partial charge in [0.2, 0.25) is 5.91 Å². The van der Waals surface area contributed by atoms with E-state index in [1.807, 2.05) is 0 Å². The molecular weight excluding hydrogens is 296 g/mol. The average molecular weight is 320 g/mol. The van der Waals surface area contributed by atoms with Crippen molar-refractivity contribution in [3.8, 4) is 0 Å². The van der Waals surface area contributed by atoms with Crippen molar-refractivity contribution < 1.29 is 14.1 Å². The van der Waals surface area contributed by atoms with Gasteiger partial charge in [-0.05, 0) is 25.7 Å². The molecule has 0 bridgehead atoms. The number of urea groups is 1. The van der Waals surface area contributed by atoms with Crippen molar-refractivity contribution in [2.24, 2.45) is 0 Å². The van der Waals surface area contributed by atoms with Gasteiger partial charge in [-0.2, -0.15) is 0 Å². The lowest BCUT2D eigenvalue weighted by atomic mass is 9.86. The molecule has 1 aromatic heterocycles. The first-order chi connectivity index (χ1) is 11.1. The predicted octanol–water partition coefficient (Wildman–Crippen LogP) is 2.25. The topological polar surface area (TPSA) is 87.5 Å². The van der Waals surface area contributed by atoms with Gasteiger partial charge in [0.25, 0.3) is 0 Å². The molecule has 7 nitrogen and oxygen atoms in total. The number of nitrogens with one attached hydrogen (secondary N) is 2. The van der Waals surface area contributed by atoms with Crippen molar-refractivity contribution in [2.75, 3.05) is 25.0 Å². The normalized spacial score (nSPS) is 19.8. The van der Waals surface area contributed by atoms with Gasteiger partial charge in [0, 0.05) is 24.6 Å². The van der Waals surface area contributed by atoms with Crippen molar-refractivity contribution in [3.05, 3.63) is 11.8 Å². The van der Waals surface area contributed by atoms with Gasteiger partial charge >= 0.3 is 6.03 Å². The Morgan fingerprint density at radius 3 is 2.65 bits per heavy atom. The van der Waals surface area contributed by atoms with E-state index < -0.39 is 0 Å². The minimum absolute atomic E-state index is 0.0277. The van der Waals surface area contributed by atoms with E-state index in [4.69, 9.17) is 4.52 Å². The lowest BCUT2D eigenvalue weighted by molar-refractivity contribution is -0.115. The van der Waals surface area contributed by atoms with E-state index in [1.54, 1.807) is 11.0 Å². The summed E-state index contributed by atoms with van der Waals surface area (Å²) < 4.78 is 5.40. The smallest absolute Gasteiger partial charge is 0.317 e. The Kier molecular flexibility index (Phi) is 4.54. The van der Waals surface area contributed by atoms with Crippen molar-refractivity contribution >= 4 is 17.8 Å². The lowest BCUT2D eigenvalue weighted by Crippen LogP contribution is -2.41. The molecule has 2 heterocycles. The van der Waals surface area contributed by atoms with Crippen LogP contribution in [0.4, 0.5) is 10.6 Å². The van der Waals surface area contributed by atoms with Gasteiger partial charge in [-0.1, -0.05) is 24.9 Å². The SMILES string of the molecule is CC1(c2cc(NC(=O)CNC(=O)N3CCCC3)no2)CCCC1. The number of rotatable bonds is 4. The third-order valence-electron chi connectivity index (χ3n) is 4.87. The fourth-order valence-electron chi connectivity index (χ4n) is 3.40. The van der Waals surface area contributed by atoms with E-state index in [9.17, 15) is 9.59 Å². The highest BCUT2D eigenvalue weighted by Gasteiger charge is 2.34. The Morgan fingerprint density at radius 2 is 1.96 bits per heavy atom. The summed E-state index contributed by atoms with van der Waals surface area (Å²) in [5.74, 6) is 0.939. The second-order valence-electron chi connectivity index (χ2n) is 6.75. The minimum atomic E-state index is -0.297. The molecular formula is C16H24N4O3. The second-order valence-corrected chi connectivity index (χ2v) is 6.75. The number of anilines is 1. The van der Waals surface area contributed by atoms with Crippen molar-refractivity contribution in [2.45, 2.75) is 50.9 Å². The van der Waals surface area contributed by atoms with Gasteiger partial charge in [-0.15, -0.1) is 0 Å². The molecule has 0 aromatic carbocycles. The number of amides is 3. The number of aromatic nitrogens is 1. The molecule has 1 aliphatic carbocycles. The monoisotopic (exact) mass is 320 g/mol. The van der Waals surface area contributed by atoms with Gasteiger partial charge in [0.1, 0.15) is 5.76 Å². The zero-order valence-corrected chi connectivity index (χ0v) is 13.6. The van der Waals surface area contributed by atoms with E-state index in [1.165, 1.54) is 12.8 Å². The molecule has 3 amide bonds. The Labute approximate surface area is 135 Å². The van der Waals surface area contributed by atoms with Crippen LogP contribution in [0.1, 0.15) is 51.2 Å². The molecule has 2 N–H and O–H groups in total. The number of hydrogen-bond donors (Lipinski definition) is 2. The van der Waals surface area contributed by atoms with Gasteiger partial charge in [0.05, 0.1) is 6.54 Å². The molecule has 0 atom stereocenters. The van der Waals surface area contributed by atoms with Crippen LogP contribution in [0.3, 0.4) is 0 Å². The van der Waals surface area contributed by atoms with E-state index >= 15 is 0 Å². The maximum Gasteiger partial charge on any atom is 0.317 e. The summed E-state index contributed by atoms with van der Waals surface area (Å²) in [6, 6.07) is 1.61. The lowest BCUT2D eigenvalue weighted by Gasteiger charge is -2.18. The maximum absolute atomic E-state index is 11.9. The van der Waals surface area contributed by atoms with E-state index in [0.717, 1.165) is 44.5 Å². The first-order valence-electron chi connectivity index (χ1n) is 8.37. The van der Waals surface area contributed by atoms with E-state index in [2.05, 4.69) is 22.7 Å². The highest BCUT2D eigenvalue weighted by atomic mass is 16.5. The molecule has 1 aliphatic heterocycles. The standard InChI is InChI=1S/C16H24N4O3/c1-16(6-2-3-7-16)12-10-13(19-23-12)18-14(21)11-17-15(22)20-8-4-5-9-20/h10H,2-9,11H2,1H3,(H,17,22)(H,18,19,21). The van der Waals surface area contributed by atoms with Crippen LogP contribution in [0.2, 0.25) is 0 Å². The Morgan fingerprint density at radius 1 is 1.26 bits per heavy atom. The zero-order valence-electron chi connectivity index (χ0n) is 13.6. The molecule has 126 valence electrons. The third-order valence-corrected chi connectivity index (χ3v) is 4.87. The summed E-state index contributed by atoms with van der Waals surface area (Å²) in [6.45, 7) is 3.63. The predicted molar refractivity (Wildman–Crippen MR) is 85.2 cm³/mol. The highest BCUT2D eigenvalue weighted by Crippen LogP contribution is 2.41. The Hall–Kier alpha value is -2.05. The van der Waals surface area contributed by atoms with Crippen LogP contribution in [0.15, 0.2) is 10.6 Å². The highest BCUT2D eigenvalue weighted by molar-refractivity contribution is 5.93. The Bertz CT molecular complexity index is 572. The molecule has 0 spiro atoms. The van der Waals surface area contributed by atoms with Crippen molar-refractivity contribution in [1.29, 1.82) is 0 Å². The van der Waals surface area contributed by atoms with Crippen LogP contribution < -0.4 is 10.6 Å². The summed E-state index contributed by atoms with van der Waals surface area (Å²) in [7, 11) is 0. The summed E-state index contributed by atoms with van der Waals surface area (Å²) in [6.07, 6.45) is 6.62. The fourth-order valence-corrected chi connectivity index (χ4v) is 3.40. The molecule has 3 rings (SSSR count). The first kappa shape index (κ1) is 15.8. The number of likely N-dealkylation sites (tertiary alicyclic amines) is 1. The number of hydrogen-bond acceptors (Lipinski definition) is 4. The molecule has 0 radical (unpaired) electrons. The van der Waals surface area contributed by atoms with Crippen LogP contribution in [0.25, 0.3) is 0 Å². The van der Waals surface area contributed by atoms with Crippen LogP contribution in [-0.2, 0) is 10.2 Å². The minimum Gasteiger partial charge on any atom is -0.359 e. The fraction of sp³-hybridized carbons (Fsp3) is 0.688. The van der Waals surface area contributed by atoms with E-state index in [-0.39, 0.29) is 23.9 Å². The van der Waals surface area contributed by atoms with E-state index in [0.29, 0.717) is 5.82 Å². The van der Waals surface area contributed by atoms with Crippen LogP contribution in [0.5, 0.6) is 0 Å². The molecule has 1 saturated heterocycles.